The van der Waals surface area contributed by atoms with Crippen LogP contribution in [0.15, 0.2) is 41.9 Å². The average Bonchev–Trinajstić information content (AvgIpc) is 2.51. The molecular weight excluding hydrogens is 282 g/mol. The lowest BCUT2D eigenvalue weighted by Crippen LogP contribution is -2.39. The molecule has 0 saturated heterocycles. The smallest absolute Gasteiger partial charge is 0.193 e. The molecule has 0 unspecified atom stereocenters. The predicted octanol–water partition coefficient (Wildman–Crippen LogP) is 2.62. The van der Waals surface area contributed by atoms with Crippen molar-refractivity contribution in [1.29, 1.82) is 0 Å². The Kier molecular flexibility index (Phi) is 8.43. The Balaban J connectivity index is 2.43. The van der Waals surface area contributed by atoms with E-state index in [-0.39, 0.29) is 0 Å². The molecule has 0 atom stereocenters. The van der Waals surface area contributed by atoms with Crippen LogP contribution in [-0.4, -0.2) is 50.1 Å². The molecule has 0 aliphatic rings. The van der Waals surface area contributed by atoms with Crippen molar-refractivity contribution in [3.8, 4) is 5.75 Å². The molecule has 0 bridgehead atoms. The Hall–Kier alpha value is -1.62. The van der Waals surface area contributed by atoms with Crippen LogP contribution in [0.5, 0.6) is 5.75 Å². The molecule has 21 heavy (non-hydrogen) atoms. The van der Waals surface area contributed by atoms with Crippen LogP contribution in [0.4, 0.5) is 0 Å². The third-order valence-corrected chi connectivity index (χ3v) is 3.88. The largest absolute Gasteiger partial charge is 0.497 e. The molecule has 0 aliphatic heterocycles. The molecule has 5 heteroatoms. The minimum absolute atomic E-state index is 0.809. The molecule has 1 N–H and O–H groups in total. The molecule has 0 radical (unpaired) electrons. The number of hydrogen-bond acceptors (Lipinski definition) is 3. The predicted molar refractivity (Wildman–Crippen MR) is 93.3 cm³/mol. The third-order valence-electron chi connectivity index (χ3n) is 2.92. The van der Waals surface area contributed by atoms with Gasteiger partial charge in [-0.1, -0.05) is 18.2 Å². The van der Waals surface area contributed by atoms with E-state index in [2.05, 4.69) is 33.9 Å². The van der Waals surface area contributed by atoms with Crippen molar-refractivity contribution < 1.29 is 4.74 Å². The number of methoxy groups -OCH3 is 1. The topological polar surface area (TPSA) is 36.9 Å². The number of aliphatic imine (C=N–C) groups is 1. The maximum absolute atomic E-state index is 5.17. The maximum atomic E-state index is 5.17. The minimum atomic E-state index is 0.809. The molecule has 0 aliphatic carbocycles. The summed E-state index contributed by atoms with van der Waals surface area (Å²) >= 11 is 1.86. The Bertz CT molecular complexity index is 445. The first-order valence-corrected chi connectivity index (χ1v) is 8.10. The lowest BCUT2D eigenvalue weighted by molar-refractivity contribution is 0.414. The second-order valence-corrected chi connectivity index (χ2v) is 5.69. The zero-order valence-electron chi connectivity index (χ0n) is 13.1. The summed E-state index contributed by atoms with van der Waals surface area (Å²) in [5.41, 5.74) is 1.22. The fraction of sp³-hybridized carbons (Fsp3) is 0.438. The number of nitrogens with one attached hydrogen (secondary N) is 1. The van der Waals surface area contributed by atoms with Crippen LogP contribution >= 0.6 is 11.8 Å². The van der Waals surface area contributed by atoms with Crippen molar-refractivity contribution in [2.24, 2.45) is 4.99 Å². The molecule has 4 nitrogen and oxygen atoms in total. The first-order valence-electron chi connectivity index (χ1n) is 6.94. The molecule has 1 rings (SSSR count). The molecule has 0 aromatic heterocycles. The van der Waals surface area contributed by atoms with Gasteiger partial charge in [-0.05, 0) is 17.7 Å². The van der Waals surface area contributed by atoms with Crippen molar-refractivity contribution in [3.05, 3.63) is 42.5 Å². The second kappa shape index (κ2) is 10.2. The highest BCUT2D eigenvalue weighted by molar-refractivity contribution is 7.99. The Morgan fingerprint density at radius 2 is 2.14 bits per heavy atom. The molecule has 0 fully saturated rings. The van der Waals surface area contributed by atoms with E-state index < -0.39 is 0 Å². The quantitative estimate of drug-likeness (QED) is 0.347. The number of nitrogens with zero attached hydrogens (tertiary/aromatic N) is 2. The SMILES string of the molecule is C=CCSCCNC(=NC)N(C)Cc1ccc(OC)cc1. The standard InChI is InChI=1S/C16H25N3OS/c1-5-11-21-12-10-18-16(17-2)19(3)13-14-6-8-15(20-4)9-7-14/h5-9H,1,10-13H2,2-4H3,(H,17,18). The molecule has 1 aromatic rings. The van der Waals surface area contributed by atoms with Gasteiger partial charge in [-0.2, -0.15) is 11.8 Å². The van der Waals surface area contributed by atoms with Gasteiger partial charge in [-0.3, -0.25) is 4.99 Å². The normalized spacial score (nSPS) is 11.1. The Morgan fingerprint density at radius 1 is 1.43 bits per heavy atom. The number of guanidine groups is 1. The van der Waals surface area contributed by atoms with Gasteiger partial charge >= 0.3 is 0 Å². The highest BCUT2D eigenvalue weighted by Crippen LogP contribution is 2.12. The summed E-state index contributed by atoms with van der Waals surface area (Å²) in [4.78, 5) is 6.42. The zero-order chi connectivity index (χ0) is 15.5. The molecule has 0 spiro atoms. The van der Waals surface area contributed by atoms with Crippen LogP contribution in [-0.2, 0) is 6.54 Å². The first-order chi connectivity index (χ1) is 10.2. The monoisotopic (exact) mass is 307 g/mol. The van der Waals surface area contributed by atoms with Gasteiger partial charge in [-0.15, -0.1) is 6.58 Å². The van der Waals surface area contributed by atoms with Crippen molar-refractivity contribution in [1.82, 2.24) is 10.2 Å². The van der Waals surface area contributed by atoms with Crippen LogP contribution in [0.1, 0.15) is 5.56 Å². The minimum Gasteiger partial charge on any atom is -0.497 e. The van der Waals surface area contributed by atoms with Crippen LogP contribution in [0.3, 0.4) is 0 Å². The van der Waals surface area contributed by atoms with E-state index in [1.165, 1.54) is 5.56 Å². The number of ether oxygens (including phenoxy) is 1. The Morgan fingerprint density at radius 3 is 2.71 bits per heavy atom. The maximum Gasteiger partial charge on any atom is 0.193 e. The first kappa shape index (κ1) is 17.4. The fourth-order valence-electron chi connectivity index (χ4n) is 1.87. The fourth-order valence-corrected chi connectivity index (χ4v) is 2.45. The van der Waals surface area contributed by atoms with Crippen molar-refractivity contribution in [2.75, 3.05) is 39.3 Å². The van der Waals surface area contributed by atoms with Gasteiger partial charge in [-0.25, -0.2) is 0 Å². The molecular formula is C16H25N3OS. The number of thioether (sulfide) groups is 1. The van der Waals surface area contributed by atoms with Crippen molar-refractivity contribution >= 4 is 17.7 Å². The number of hydrogen-bond donors (Lipinski definition) is 1. The molecule has 116 valence electrons. The summed E-state index contributed by atoms with van der Waals surface area (Å²) < 4.78 is 5.17. The third kappa shape index (κ3) is 6.58. The zero-order valence-corrected chi connectivity index (χ0v) is 13.9. The van der Waals surface area contributed by atoms with Crippen LogP contribution in [0.2, 0.25) is 0 Å². The van der Waals surface area contributed by atoms with E-state index >= 15 is 0 Å². The summed E-state index contributed by atoms with van der Waals surface area (Å²) in [5, 5.41) is 3.37. The van der Waals surface area contributed by atoms with Crippen molar-refractivity contribution in [3.63, 3.8) is 0 Å². The van der Waals surface area contributed by atoms with Gasteiger partial charge in [0.15, 0.2) is 5.96 Å². The van der Waals surface area contributed by atoms with Gasteiger partial charge < -0.3 is 15.0 Å². The lowest BCUT2D eigenvalue weighted by atomic mass is 10.2. The van der Waals surface area contributed by atoms with Gasteiger partial charge in [0.05, 0.1) is 7.11 Å². The summed E-state index contributed by atoms with van der Waals surface area (Å²) in [5.74, 6) is 3.82. The van der Waals surface area contributed by atoms with Crippen LogP contribution in [0, 0.1) is 0 Å². The van der Waals surface area contributed by atoms with E-state index in [4.69, 9.17) is 4.74 Å². The highest BCUT2D eigenvalue weighted by Gasteiger charge is 2.06. The van der Waals surface area contributed by atoms with E-state index in [1.807, 2.05) is 44.1 Å². The molecule has 0 saturated carbocycles. The summed E-state index contributed by atoms with van der Waals surface area (Å²) in [6.07, 6.45) is 1.93. The second-order valence-electron chi connectivity index (χ2n) is 4.54. The van der Waals surface area contributed by atoms with E-state index in [9.17, 15) is 0 Å². The number of benzene rings is 1. The molecule has 0 heterocycles. The highest BCUT2D eigenvalue weighted by atomic mass is 32.2. The van der Waals surface area contributed by atoms with Gasteiger partial charge in [0.2, 0.25) is 0 Å². The van der Waals surface area contributed by atoms with Crippen molar-refractivity contribution in [2.45, 2.75) is 6.54 Å². The van der Waals surface area contributed by atoms with Gasteiger partial charge in [0, 0.05) is 38.7 Å². The van der Waals surface area contributed by atoms with Gasteiger partial charge in [0.1, 0.15) is 5.75 Å². The summed E-state index contributed by atoms with van der Waals surface area (Å²) in [6.45, 7) is 5.42. The van der Waals surface area contributed by atoms with Gasteiger partial charge in [0.25, 0.3) is 0 Å². The molecule has 1 aromatic carbocycles. The van der Waals surface area contributed by atoms with Crippen LogP contribution < -0.4 is 10.1 Å². The lowest BCUT2D eigenvalue weighted by Gasteiger charge is -2.22. The summed E-state index contributed by atoms with van der Waals surface area (Å²) in [6, 6.07) is 8.10. The van der Waals surface area contributed by atoms with E-state index in [1.54, 1.807) is 7.11 Å². The summed E-state index contributed by atoms with van der Waals surface area (Å²) in [7, 11) is 5.53. The number of rotatable bonds is 8. The van der Waals surface area contributed by atoms with E-state index in [0.717, 1.165) is 36.3 Å². The Labute approximate surface area is 132 Å². The van der Waals surface area contributed by atoms with Crippen LogP contribution in [0.25, 0.3) is 0 Å². The average molecular weight is 307 g/mol. The molecule has 0 amide bonds. The van der Waals surface area contributed by atoms with E-state index in [0.29, 0.717) is 0 Å².